The largest absolute Gasteiger partial charge is 0.313 e. The molecule has 18 heavy (non-hydrogen) atoms. The van der Waals surface area contributed by atoms with Crippen LogP contribution in [0.4, 0.5) is 0 Å². The highest BCUT2D eigenvalue weighted by molar-refractivity contribution is 7.92. The number of hydrogen-bond donors (Lipinski definition) is 2. The molecule has 2 unspecified atom stereocenters. The monoisotopic (exact) mass is 296 g/mol. The first-order chi connectivity index (χ1) is 8.39. The van der Waals surface area contributed by atoms with Crippen molar-refractivity contribution in [2.45, 2.75) is 37.0 Å². The third-order valence-electron chi connectivity index (χ3n) is 3.58. The van der Waals surface area contributed by atoms with Crippen molar-refractivity contribution >= 4 is 19.9 Å². The minimum atomic E-state index is -3.38. The van der Waals surface area contributed by atoms with Gasteiger partial charge in [0.05, 0.1) is 16.8 Å². The van der Waals surface area contributed by atoms with E-state index in [4.69, 9.17) is 0 Å². The molecule has 2 atom stereocenters. The Morgan fingerprint density at radius 3 is 2.56 bits per heavy atom. The van der Waals surface area contributed by atoms with Crippen LogP contribution in [0.1, 0.15) is 25.7 Å². The van der Waals surface area contributed by atoms with Gasteiger partial charge in [-0.15, -0.1) is 0 Å². The molecule has 2 aliphatic rings. The summed E-state index contributed by atoms with van der Waals surface area (Å²) in [5, 5.41) is 2.58. The average Bonchev–Trinajstić information content (AvgIpc) is 2.84. The summed E-state index contributed by atoms with van der Waals surface area (Å²) in [4.78, 5) is 0. The highest BCUT2D eigenvalue weighted by atomic mass is 32.2. The smallest absolute Gasteiger partial charge is 0.213 e. The number of rotatable bonds is 5. The fraction of sp³-hybridized carbons (Fsp3) is 1.00. The van der Waals surface area contributed by atoms with Crippen molar-refractivity contribution < 1.29 is 16.8 Å². The number of sulfonamides is 1. The maximum atomic E-state index is 11.8. The minimum absolute atomic E-state index is 0.00249. The summed E-state index contributed by atoms with van der Waals surface area (Å²) in [6.07, 6.45) is 3.06. The molecule has 2 saturated heterocycles. The lowest BCUT2D eigenvalue weighted by Crippen LogP contribution is -2.40. The lowest BCUT2D eigenvalue weighted by atomic mass is 10.2. The van der Waals surface area contributed by atoms with Crippen molar-refractivity contribution in [3.63, 3.8) is 0 Å². The van der Waals surface area contributed by atoms with E-state index in [0.717, 1.165) is 19.4 Å². The Balaban J connectivity index is 1.85. The molecule has 106 valence electrons. The molecule has 0 aromatic carbocycles. The van der Waals surface area contributed by atoms with Crippen LogP contribution >= 0.6 is 0 Å². The van der Waals surface area contributed by atoms with Gasteiger partial charge in [-0.1, -0.05) is 0 Å². The second-order valence-electron chi connectivity index (χ2n) is 5.05. The van der Waals surface area contributed by atoms with Crippen molar-refractivity contribution in [1.29, 1.82) is 0 Å². The average molecular weight is 296 g/mol. The Kier molecular flexibility index (Phi) is 4.30. The van der Waals surface area contributed by atoms with Crippen molar-refractivity contribution in [2.24, 2.45) is 0 Å². The Hall–Kier alpha value is -0.180. The van der Waals surface area contributed by atoms with Gasteiger partial charge in [0.2, 0.25) is 10.0 Å². The second kappa shape index (κ2) is 5.44. The number of nitrogens with one attached hydrogen (secondary N) is 2. The van der Waals surface area contributed by atoms with Crippen molar-refractivity contribution in [3.8, 4) is 0 Å². The molecule has 0 spiro atoms. The van der Waals surface area contributed by atoms with Crippen LogP contribution in [0, 0.1) is 0 Å². The van der Waals surface area contributed by atoms with Crippen molar-refractivity contribution in [2.75, 3.05) is 24.6 Å². The molecule has 0 aromatic heterocycles. The summed E-state index contributed by atoms with van der Waals surface area (Å²) < 4.78 is 49.2. The zero-order valence-corrected chi connectivity index (χ0v) is 11.9. The summed E-state index contributed by atoms with van der Waals surface area (Å²) in [7, 11) is -6.46. The number of sulfone groups is 1. The van der Waals surface area contributed by atoms with Crippen molar-refractivity contribution in [3.05, 3.63) is 0 Å². The van der Waals surface area contributed by atoms with Crippen LogP contribution in [0.15, 0.2) is 0 Å². The SMILES string of the molecule is O=S(=O)(CC1CCCN1)NCC1CCCS1(=O)=O. The van der Waals surface area contributed by atoms with E-state index in [1.165, 1.54) is 0 Å². The first-order valence-corrected chi connectivity index (χ1v) is 9.68. The lowest BCUT2D eigenvalue weighted by Gasteiger charge is -2.14. The van der Waals surface area contributed by atoms with E-state index >= 15 is 0 Å². The second-order valence-corrected chi connectivity index (χ2v) is 9.31. The minimum Gasteiger partial charge on any atom is -0.313 e. The van der Waals surface area contributed by atoms with Crippen LogP contribution in [-0.2, 0) is 19.9 Å². The molecule has 0 amide bonds. The van der Waals surface area contributed by atoms with Gasteiger partial charge < -0.3 is 5.32 Å². The first kappa shape index (κ1) is 14.2. The van der Waals surface area contributed by atoms with E-state index in [0.29, 0.717) is 12.8 Å². The number of hydrogen-bond acceptors (Lipinski definition) is 5. The maximum absolute atomic E-state index is 11.8. The summed E-state index contributed by atoms with van der Waals surface area (Å²) in [6.45, 7) is 0.884. The van der Waals surface area contributed by atoms with E-state index in [-0.39, 0.29) is 24.1 Å². The third-order valence-corrected chi connectivity index (χ3v) is 7.30. The Morgan fingerprint density at radius 1 is 1.22 bits per heavy atom. The molecule has 2 aliphatic heterocycles. The highest BCUT2D eigenvalue weighted by Gasteiger charge is 2.32. The Bertz CT molecular complexity index is 480. The first-order valence-electron chi connectivity index (χ1n) is 6.31. The van der Waals surface area contributed by atoms with Gasteiger partial charge in [0.1, 0.15) is 0 Å². The maximum Gasteiger partial charge on any atom is 0.213 e. The van der Waals surface area contributed by atoms with E-state index in [9.17, 15) is 16.8 Å². The fourth-order valence-electron chi connectivity index (χ4n) is 2.53. The van der Waals surface area contributed by atoms with Gasteiger partial charge in [0.15, 0.2) is 9.84 Å². The zero-order valence-electron chi connectivity index (χ0n) is 10.3. The topological polar surface area (TPSA) is 92.3 Å². The molecule has 2 fully saturated rings. The fourth-order valence-corrected chi connectivity index (χ4v) is 5.79. The van der Waals surface area contributed by atoms with Gasteiger partial charge in [-0.05, 0) is 32.2 Å². The molecule has 0 radical (unpaired) electrons. The van der Waals surface area contributed by atoms with Crippen LogP contribution in [-0.4, -0.2) is 52.7 Å². The third kappa shape index (κ3) is 3.66. The van der Waals surface area contributed by atoms with Gasteiger partial charge in [0.25, 0.3) is 0 Å². The molecule has 0 aliphatic carbocycles. The predicted molar refractivity (Wildman–Crippen MR) is 69.6 cm³/mol. The molecule has 2 rings (SSSR count). The van der Waals surface area contributed by atoms with E-state index in [2.05, 4.69) is 10.0 Å². The zero-order chi connectivity index (χ0) is 13.2. The summed E-state index contributed by atoms with van der Waals surface area (Å²) >= 11 is 0. The molecule has 2 heterocycles. The highest BCUT2D eigenvalue weighted by Crippen LogP contribution is 2.19. The lowest BCUT2D eigenvalue weighted by molar-refractivity contribution is 0.558. The van der Waals surface area contributed by atoms with Gasteiger partial charge >= 0.3 is 0 Å². The predicted octanol–water partition coefficient (Wildman–Crippen LogP) is -0.765. The van der Waals surface area contributed by atoms with Crippen LogP contribution in [0.5, 0.6) is 0 Å². The van der Waals surface area contributed by atoms with Gasteiger partial charge in [0, 0.05) is 12.6 Å². The summed E-state index contributed by atoms with van der Waals surface area (Å²) in [5.74, 6) is 0.226. The molecule has 8 heteroatoms. The van der Waals surface area contributed by atoms with E-state index in [1.54, 1.807) is 0 Å². The van der Waals surface area contributed by atoms with Crippen LogP contribution in [0.3, 0.4) is 0 Å². The van der Waals surface area contributed by atoms with E-state index in [1.807, 2.05) is 0 Å². The molecule has 2 N–H and O–H groups in total. The van der Waals surface area contributed by atoms with Crippen LogP contribution < -0.4 is 10.0 Å². The van der Waals surface area contributed by atoms with Gasteiger partial charge in [-0.25, -0.2) is 21.6 Å². The molecular formula is C10H20N2O4S2. The normalized spacial score (nSPS) is 31.8. The quantitative estimate of drug-likeness (QED) is 0.695. The summed E-state index contributed by atoms with van der Waals surface area (Å²) in [5.41, 5.74) is 0. The molecule has 0 bridgehead atoms. The molecule has 0 saturated carbocycles. The van der Waals surface area contributed by atoms with Crippen LogP contribution in [0.25, 0.3) is 0 Å². The standard InChI is InChI=1S/C10H20N2O4S2/c13-17(14)6-2-4-10(17)7-12-18(15,16)8-9-3-1-5-11-9/h9-12H,1-8H2. The Morgan fingerprint density at radius 2 is 2.00 bits per heavy atom. The summed E-state index contributed by atoms with van der Waals surface area (Å²) in [6, 6.07) is 0.00249. The Labute approximate surface area is 108 Å². The van der Waals surface area contributed by atoms with Crippen molar-refractivity contribution in [1.82, 2.24) is 10.0 Å². The molecular weight excluding hydrogens is 276 g/mol. The van der Waals surface area contributed by atoms with Crippen LogP contribution in [0.2, 0.25) is 0 Å². The van der Waals surface area contributed by atoms with Gasteiger partial charge in [-0.2, -0.15) is 0 Å². The van der Waals surface area contributed by atoms with Gasteiger partial charge in [-0.3, -0.25) is 0 Å². The van der Waals surface area contributed by atoms with E-state index < -0.39 is 25.1 Å². The molecule has 0 aromatic rings. The molecule has 6 nitrogen and oxygen atoms in total.